The third-order valence-electron chi connectivity index (χ3n) is 2.92. The summed E-state index contributed by atoms with van der Waals surface area (Å²) in [6.45, 7) is 6.49. The molecule has 0 saturated heterocycles. The predicted molar refractivity (Wildman–Crippen MR) is 83.8 cm³/mol. The molecule has 1 unspecified atom stereocenters. The fraction of sp³-hybridized carbons (Fsp3) is 0.400. The van der Waals surface area contributed by atoms with Gasteiger partial charge in [-0.25, -0.2) is 9.98 Å². The van der Waals surface area contributed by atoms with Crippen molar-refractivity contribution in [3.63, 3.8) is 0 Å². The van der Waals surface area contributed by atoms with E-state index in [1.807, 2.05) is 33.0 Å². The average Bonchev–Trinajstić information content (AvgIpc) is 2.44. The second-order valence-electron chi connectivity index (χ2n) is 4.54. The Morgan fingerprint density at radius 2 is 2.25 bits per heavy atom. The molecule has 0 saturated carbocycles. The minimum atomic E-state index is -0.0564. The van der Waals surface area contributed by atoms with Crippen molar-refractivity contribution in [2.45, 2.75) is 20.8 Å². The second-order valence-corrected chi connectivity index (χ2v) is 4.54. The number of nitrogens with zero attached hydrogens (tertiary/aromatic N) is 2. The molecule has 1 aliphatic rings. The monoisotopic (exact) mass is 274 g/mol. The van der Waals surface area contributed by atoms with Crippen molar-refractivity contribution >= 4 is 18.0 Å². The van der Waals surface area contributed by atoms with Crippen molar-refractivity contribution in [2.75, 3.05) is 13.6 Å². The van der Waals surface area contributed by atoms with E-state index in [1.54, 1.807) is 12.3 Å². The summed E-state index contributed by atoms with van der Waals surface area (Å²) >= 11 is 0. The number of aliphatic imine (C=N–C) groups is 2. The van der Waals surface area contributed by atoms with E-state index < -0.39 is 0 Å². The fourth-order valence-electron chi connectivity index (χ4n) is 1.87. The van der Waals surface area contributed by atoms with Crippen molar-refractivity contribution in [3.05, 3.63) is 35.7 Å². The van der Waals surface area contributed by atoms with Crippen LogP contribution in [0.15, 0.2) is 45.7 Å². The van der Waals surface area contributed by atoms with Gasteiger partial charge in [0.1, 0.15) is 6.34 Å². The van der Waals surface area contributed by atoms with E-state index in [-0.39, 0.29) is 11.8 Å². The molecule has 1 atom stereocenters. The zero-order chi connectivity index (χ0) is 15.0. The number of carbonyl (C=O) groups is 1. The van der Waals surface area contributed by atoms with Crippen LogP contribution >= 0.6 is 0 Å². The first-order valence-electron chi connectivity index (χ1n) is 6.65. The lowest BCUT2D eigenvalue weighted by molar-refractivity contribution is -0.117. The van der Waals surface area contributed by atoms with Gasteiger partial charge in [0.2, 0.25) is 0 Å². The number of hydrogen-bond acceptors (Lipinski definition) is 3. The Bertz CT molecular complexity index is 498. The maximum Gasteiger partial charge on any atom is 0.253 e. The van der Waals surface area contributed by atoms with Gasteiger partial charge in [0.05, 0.1) is 5.57 Å². The van der Waals surface area contributed by atoms with Gasteiger partial charge in [-0.15, -0.1) is 0 Å². The maximum absolute atomic E-state index is 11.9. The first-order chi connectivity index (χ1) is 9.60. The summed E-state index contributed by atoms with van der Waals surface area (Å²) in [4.78, 5) is 20.0. The summed E-state index contributed by atoms with van der Waals surface area (Å²) in [7, 11) is 1.84. The van der Waals surface area contributed by atoms with Crippen LogP contribution in [0.5, 0.6) is 0 Å². The van der Waals surface area contributed by atoms with Gasteiger partial charge in [-0.3, -0.25) is 4.79 Å². The lowest BCUT2D eigenvalue weighted by atomic mass is 9.97. The molecule has 108 valence electrons. The minimum absolute atomic E-state index is 0.0564. The molecule has 1 heterocycles. The summed E-state index contributed by atoms with van der Waals surface area (Å²) in [6.07, 6.45) is 8.58. The van der Waals surface area contributed by atoms with Gasteiger partial charge in [0.25, 0.3) is 5.91 Å². The Morgan fingerprint density at radius 3 is 2.90 bits per heavy atom. The van der Waals surface area contributed by atoms with E-state index in [0.717, 1.165) is 11.4 Å². The average molecular weight is 274 g/mol. The molecule has 5 heteroatoms. The standard InChI is InChI=1S/C15H22N4O/c1-5-8-17-10-19-12(3)6-7-13-14(16-4)11(2)9-18-15(13)20/h5-8,10-11,16H,9H2,1-4H3,(H,18,20)/b7-6+,8-5-,17-10-,19-12+. The molecule has 0 aliphatic carbocycles. The lowest BCUT2D eigenvalue weighted by Gasteiger charge is -2.24. The van der Waals surface area contributed by atoms with Crippen molar-refractivity contribution in [3.8, 4) is 0 Å². The van der Waals surface area contributed by atoms with E-state index in [2.05, 4.69) is 27.5 Å². The number of rotatable bonds is 5. The molecule has 5 nitrogen and oxygen atoms in total. The Hall–Kier alpha value is -2.17. The van der Waals surface area contributed by atoms with Gasteiger partial charge in [-0.2, -0.15) is 0 Å². The summed E-state index contributed by atoms with van der Waals surface area (Å²) in [5, 5.41) is 5.98. The Kier molecular flexibility index (Phi) is 6.43. The quantitative estimate of drug-likeness (QED) is 0.593. The molecule has 1 rings (SSSR count). The highest BCUT2D eigenvalue weighted by Gasteiger charge is 2.22. The Morgan fingerprint density at radius 1 is 1.50 bits per heavy atom. The van der Waals surface area contributed by atoms with Crippen LogP contribution < -0.4 is 10.6 Å². The molecule has 1 amide bonds. The molecule has 0 spiro atoms. The van der Waals surface area contributed by atoms with Crippen LogP contribution in [-0.2, 0) is 4.79 Å². The van der Waals surface area contributed by atoms with Crippen molar-refractivity contribution in [2.24, 2.45) is 15.9 Å². The third kappa shape index (κ3) is 4.50. The van der Waals surface area contributed by atoms with Gasteiger partial charge < -0.3 is 10.6 Å². The van der Waals surface area contributed by atoms with Crippen LogP contribution in [0.4, 0.5) is 0 Å². The van der Waals surface area contributed by atoms with E-state index in [9.17, 15) is 4.79 Å². The smallest absolute Gasteiger partial charge is 0.253 e. The van der Waals surface area contributed by atoms with Crippen molar-refractivity contribution in [1.29, 1.82) is 0 Å². The normalized spacial score (nSPS) is 21.3. The van der Waals surface area contributed by atoms with Crippen LogP contribution in [0.1, 0.15) is 20.8 Å². The summed E-state index contributed by atoms with van der Waals surface area (Å²) in [5.74, 6) is 0.227. The molecule has 0 aromatic heterocycles. The maximum atomic E-state index is 11.9. The summed E-state index contributed by atoms with van der Waals surface area (Å²) in [6, 6.07) is 0. The largest absolute Gasteiger partial charge is 0.391 e. The highest BCUT2D eigenvalue weighted by Crippen LogP contribution is 2.17. The van der Waals surface area contributed by atoms with E-state index >= 15 is 0 Å². The summed E-state index contributed by atoms with van der Waals surface area (Å²) in [5.41, 5.74) is 2.40. The van der Waals surface area contributed by atoms with Gasteiger partial charge in [-0.05, 0) is 26.0 Å². The van der Waals surface area contributed by atoms with Gasteiger partial charge in [0, 0.05) is 37.1 Å². The molecule has 20 heavy (non-hydrogen) atoms. The first-order valence-corrected chi connectivity index (χ1v) is 6.65. The number of nitrogens with one attached hydrogen (secondary N) is 2. The van der Waals surface area contributed by atoms with Crippen molar-refractivity contribution in [1.82, 2.24) is 10.6 Å². The molecular weight excluding hydrogens is 252 g/mol. The molecule has 0 fully saturated rings. The van der Waals surface area contributed by atoms with Gasteiger partial charge >= 0.3 is 0 Å². The van der Waals surface area contributed by atoms with Crippen LogP contribution in [-0.4, -0.2) is 31.5 Å². The topological polar surface area (TPSA) is 65.8 Å². The third-order valence-corrected chi connectivity index (χ3v) is 2.92. The zero-order valence-electron chi connectivity index (χ0n) is 12.5. The number of carbonyl (C=O) groups excluding carboxylic acids is 1. The minimum Gasteiger partial charge on any atom is -0.391 e. The number of allylic oxidation sites excluding steroid dienone is 2. The molecule has 0 bridgehead atoms. The van der Waals surface area contributed by atoms with Gasteiger partial charge in [-0.1, -0.05) is 13.0 Å². The van der Waals surface area contributed by atoms with E-state index in [1.165, 1.54) is 6.34 Å². The highest BCUT2D eigenvalue weighted by molar-refractivity contribution is 6.02. The van der Waals surface area contributed by atoms with Gasteiger partial charge in [0.15, 0.2) is 0 Å². The van der Waals surface area contributed by atoms with Crippen molar-refractivity contribution < 1.29 is 4.79 Å². The highest BCUT2D eigenvalue weighted by atomic mass is 16.1. The van der Waals surface area contributed by atoms with E-state index in [0.29, 0.717) is 12.1 Å². The Balaban J connectivity index is 2.88. The molecule has 0 aromatic carbocycles. The zero-order valence-corrected chi connectivity index (χ0v) is 12.5. The predicted octanol–water partition coefficient (Wildman–Crippen LogP) is 1.80. The molecule has 2 N–H and O–H groups in total. The second kappa shape index (κ2) is 8.09. The number of amides is 1. The summed E-state index contributed by atoms with van der Waals surface area (Å²) < 4.78 is 0. The van der Waals surface area contributed by atoms with Crippen LogP contribution in [0.25, 0.3) is 0 Å². The SMILES string of the molecule is C\C=C/N=C\N=C(C)\C=C\C1=C(NC)C(C)CNC1=O. The molecule has 0 aromatic rings. The molecule has 0 radical (unpaired) electrons. The fourth-order valence-corrected chi connectivity index (χ4v) is 1.87. The lowest BCUT2D eigenvalue weighted by Crippen LogP contribution is -2.39. The molecule has 1 aliphatic heterocycles. The van der Waals surface area contributed by atoms with Crippen LogP contribution in [0.3, 0.4) is 0 Å². The van der Waals surface area contributed by atoms with Crippen LogP contribution in [0.2, 0.25) is 0 Å². The molecular formula is C15H22N4O. The first kappa shape index (κ1) is 15.9. The van der Waals surface area contributed by atoms with E-state index in [4.69, 9.17) is 0 Å². The van der Waals surface area contributed by atoms with Crippen LogP contribution in [0, 0.1) is 5.92 Å². The number of hydrogen-bond donors (Lipinski definition) is 2. The Labute approximate surface area is 120 Å².